The number of carbonyl (C=O) groups is 1. The van der Waals surface area contributed by atoms with Gasteiger partial charge in [-0.25, -0.2) is 0 Å². The molecule has 0 aliphatic rings. The van der Waals surface area contributed by atoms with Crippen molar-refractivity contribution in [1.82, 2.24) is 0 Å². The third kappa shape index (κ3) is 3.35. The van der Waals surface area contributed by atoms with Crippen LogP contribution >= 0.6 is 34.7 Å². The second-order valence-corrected chi connectivity index (χ2v) is 6.00. The van der Waals surface area contributed by atoms with Crippen LogP contribution in [0.15, 0.2) is 40.6 Å². The zero-order valence-electron chi connectivity index (χ0n) is 9.27. The molecule has 0 fully saturated rings. The minimum atomic E-state index is 0.0940. The SMILES string of the molecule is Cc1cccc(SCC(=O)c2sccc2Cl)c1. The minimum absolute atomic E-state index is 0.0940. The van der Waals surface area contributed by atoms with Gasteiger partial charge >= 0.3 is 0 Å². The van der Waals surface area contributed by atoms with Crippen molar-refractivity contribution in [3.8, 4) is 0 Å². The molecule has 1 aromatic carbocycles. The normalized spacial score (nSPS) is 10.5. The van der Waals surface area contributed by atoms with E-state index in [1.54, 1.807) is 17.8 Å². The zero-order chi connectivity index (χ0) is 12.3. The van der Waals surface area contributed by atoms with E-state index in [1.807, 2.05) is 30.5 Å². The quantitative estimate of drug-likeness (QED) is 0.598. The third-order valence-electron chi connectivity index (χ3n) is 2.23. The fraction of sp³-hybridized carbons (Fsp3) is 0.154. The molecule has 0 radical (unpaired) electrons. The van der Waals surface area contributed by atoms with Crippen molar-refractivity contribution in [2.45, 2.75) is 11.8 Å². The topological polar surface area (TPSA) is 17.1 Å². The molecule has 88 valence electrons. The Hall–Kier alpha value is -0.770. The van der Waals surface area contributed by atoms with Crippen LogP contribution in [-0.2, 0) is 0 Å². The molecule has 0 amide bonds. The first-order chi connectivity index (χ1) is 8.16. The first-order valence-electron chi connectivity index (χ1n) is 5.12. The molecule has 0 saturated carbocycles. The van der Waals surface area contributed by atoms with E-state index in [0.29, 0.717) is 15.7 Å². The minimum Gasteiger partial charge on any atom is -0.292 e. The van der Waals surface area contributed by atoms with Crippen molar-refractivity contribution in [2.75, 3.05) is 5.75 Å². The molecule has 4 heteroatoms. The number of halogens is 1. The Bertz CT molecular complexity index is 534. The highest BCUT2D eigenvalue weighted by Gasteiger charge is 2.12. The van der Waals surface area contributed by atoms with E-state index in [-0.39, 0.29) is 5.78 Å². The maximum absolute atomic E-state index is 11.9. The molecule has 0 N–H and O–H groups in total. The van der Waals surface area contributed by atoms with Gasteiger partial charge in [0, 0.05) is 4.90 Å². The molecule has 2 aromatic rings. The molecule has 0 atom stereocenters. The molecule has 1 heterocycles. The van der Waals surface area contributed by atoms with Gasteiger partial charge in [0.2, 0.25) is 0 Å². The number of Topliss-reactive ketones (excluding diaryl/α,β-unsaturated/α-hetero) is 1. The largest absolute Gasteiger partial charge is 0.292 e. The summed E-state index contributed by atoms with van der Waals surface area (Å²) in [5.41, 5.74) is 1.21. The summed E-state index contributed by atoms with van der Waals surface area (Å²) in [6.45, 7) is 2.04. The molecule has 2 rings (SSSR count). The van der Waals surface area contributed by atoms with Gasteiger partial charge in [0.05, 0.1) is 15.7 Å². The standard InChI is InChI=1S/C13H11ClOS2/c1-9-3-2-4-10(7-9)17-8-12(15)13-11(14)5-6-16-13/h2-7H,8H2,1H3. The number of benzene rings is 1. The second-order valence-electron chi connectivity index (χ2n) is 3.63. The zero-order valence-corrected chi connectivity index (χ0v) is 11.7. The Balaban J connectivity index is 1.99. The maximum atomic E-state index is 11.9. The number of rotatable bonds is 4. The van der Waals surface area contributed by atoms with Crippen LogP contribution in [0.4, 0.5) is 0 Å². The van der Waals surface area contributed by atoms with E-state index in [4.69, 9.17) is 11.6 Å². The summed E-state index contributed by atoms with van der Waals surface area (Å²) in [7, 11) is 0. The van der Waals surface area contributed by atoms with E-state index in [9.17, 15) is 4.79 Å². The highest BCUT2D eigenvalue weighted by atomic mass is 35.5. The monoisotopic (exact) mass is 282 g/mol. The Morgan fingerprint density at radius 3 is 2.88 bits per heavy atom. The van der Waals surface area contributed by atoms with Crippen LogP contribution < -0.4 is 0 Å². The molecule has 1 aromatic heterocycles. The maximum Gasteiger partial charge on any atom is 0.184 e. The van der Waals surface area contributed by atoms with Crippen molar-refractivity contribution < 1.29 is 4.79 Å². The Kier molecular flexibility index (Phi) is 4.26. The molecule has 0 aliphatic heterocycles. The van der Waals surface area contributed by atoms with Crippen LogP contribution in [0.5, 0.6) is 0 Å². The van der Waals surface area contributed by atoms with Crippen molar-refractivity contribution in [3.63, 3.8) is 0 Å². The predicted molar refractivity (Wildman–Crippen MR) is 75.6 cm³/mol. The average molecular weight is 283 g/mol. The van der Waals surface area contributed by atoms with Crippen LogP contribution in [0.2, 0.25) is 5.02 Å². The summed E-state index contributed by atoms with van der Waals surface area (Å²) in [5.74, 6) is 0.528. The number of carbonyl (C=O) groups excluding carboxylic acids is 1. The number of thiophene rings is 1. The fourth-order valence-corrected chi connectivity index (χ4v) is 3.49. The second kappa shape index (κ2) is 5.71. The lowest BCUT2D eigenvalue weighted by Gasteiger charge is -2.01. The van der Waals surface area contributed by atoms with Gasteiger partial charge in [0.1, 0.15) is 0 Å². The van der Waals surface area contributed by atoms with Crippen LogP contribution in [-0.4, -0.2) is 11.5 Å². The molecular weight excluding hydrogens is 272 g/mol. The smallest absolute Gasteiger partial charge is 0.184 e. The summed E-state index contributed by atoms with van der Waals surface area (Å²) in [6, 6.07) is 9.90. The molecule has 0 unspecified atom stereocenters. The van der Waals surface area contributed by atoms with Gasteiger partial charge in [-0.3, -0.25) is 4.79 Å². The van der Waals surface area contributed by atoms with Crippen LogP contribution in [0.1, 0.15) is 15.2 Å². The highest BCUT2D eigenvalue weighted by molar-refractivity contribution is 8.00. The van der Waals surface area contributed by atoms with Crippen LogP contribution in [0, 0.1) is 6.92 Å². The molecule has 1 nitrogen and oxygen atoms in total. The Labute approximate surface area is 114 Å². The van der Waals surface area contributed by atoms with Crippen molar-refractivity contribution in [1.29, 1.82) is 0 Å². The van der Waals surface area contributed by atoms with E-state index < -0.39 is 0 Å². The number of ketones is 1. The van der Waals surface area contributed by atoms with Gasteiger partial charge in [-0.15, -0.1) is 23.1 Å². The first kappa shape index (κ1) is 12.7. The van der Waals surface area contributed by atoms with Crippen molar-refractivity contribution in [3.05, 3.63) is 51.2 Å². The van der Waals surface area contributed by atoms with Crippen molar-refractivity contribution >= 4 is 40.5 Å². The lowest BCUT2D eigenvalue weighted by molar-refractivity contribution is 0.102. The van der Waals surface area contributed by atoms with Gasteiger partial charge in [-0.05, 0) is 30.5 Å². The first-order valence-corrected chi connectivity index (χ1v) is 7.37. The highest BCUT2D eigenvalue weighted by Crippen LogP contribution is 2.26. The van der Waals surface area contributed by atoms with E-state index >= 15 is 0 Å². The number of thioether (sulfide) groups is 1. The van der Waals surface area contributed by atoms with Gasteiger partial charge in [-0.2, -0.15) is 0 Å². The van der Waals surface area contributed by atoms with Gasteiger partial charge < -0.3 is 0 Å². The summed E-state index contributed by atoms with van der Waals surface area (Å²) >= 11 is 8.87. The fourth-order valence-electron chi connectivity index (χ4n) is 1.41. The Morgan fingerprint density at radius 1 is 1.41 bits per heavy atom. The van der Waals surface area contributed by atoms with E-state index in [2.05, 4.69) is 6.07 Å². The Morgan fingerprint density at radius 2 is 2.24 bits per heavy atom. The molecule has 0 saturated heterocycles. The lowest BCUT2D eigenvalue weighted by Crippen LogP contribution is -1.99. The lowest BCUT2D eigenvalue weighted by atomic mass is 10.2. The number of hydrogen-bond acceptors (Lipinski definition) is 3. The average Bonchev–Trinajstić information content (AvgIpc) is 2.72. The van der Waals surface area contributed by atoms with Gasteiger partial charge in [-0.1, -0.05) is 29.3 Å². The molecule has 17 heavy (non-hydrogen) atoms. The molecular formula is C13H11ClOS2. The van der Waals surface area contributed by atoms with Crippen molar-refractivity contribution in [2.24, 2.45) is 0 Å². The summed E-state index contributed by atoms with van der Waals surface area (Å²) < 4.78 is 0. The van der Waals surface area contributed by atoms with Gasteiger partial charge in [0.25, 0.3) is 0 Å². The van der Waals surface area contributed by atoms with Crippen LogP contribution in [0.25, 0.3) is 0 Å². The summed E-state index contributed by atoms with van der Waals surface area (Å²) in [6.07, 6.45) is 0. The van der Waals surface area contributed by atoms with E-state index in [0.717, 1.165) is 4.90 Å². The number of hydrogen-bond donors (Lipinski definition) is 0. The molecule has 0 bridgehead atoms. The third-order valence-corrected chi connectivity index (χ3v) is 4.61. The van der Waals surface area contributed by atoms with E-state index in [1.165, 1.54) is 16.9 Å². The van der Waals surface area contributed by atoms with Gasteiger partial charge in [0.15, 0.2) is 5.78 Å². The molecule has 0 aliphatic carbocycles. The van der Waals surface area contributed by atoms with Crippen LogP contribution in [0.3, 0.4) is 0 Å². The predicted octanol–water partition coefficient (Wildman–Crippen LogP) is 4.68. The summed E-state index contributed by atoms with van der Waals surface area (Å²) in [5, 5.41) is 2.40. The molecule has 0 spiro atoms. The number of aryl methyl sites for hydroxylation is 1. The summed E-state index contributed by atoms with van der Waals surface area (Å²) in [4.78, 5) is 13.7.